The van der Waals surface area contributed by atoms with E-state index in [9.17, 15) is 4.79 Å². The molecule has 1 fully saturated rings. The Morgan fingerprint density at radius 2 is 2.20 bits per heavy atom. The van der Waals surface area contributed by atoms with Gasteiger partial charge in [-0.3, -0.25) is 9.89 Å². The van der Waals surface area contributed by atoms with Gasteiger partial charge in [-0.2, -0.15) is 5.10 Å². The predicted molar refractivity (Wildman–Crippen MR) is 82.1 cm³/mol. The molecule has 6 heteroatoms. The smallest absolute Gasteiger partial charge is 0.228 e. The van der Waals surface area contributed by atoms with E-state index in [1.807, 2.05) is 24.9 Å². The van der Waals surface area contributed by atoms with Crippen molar-refractivity contribution in [2.24, 2.45) is 5.92 Å². The van der Waals surface area contributed by atoms with Gasteiger partial charge in [0.05, 0.1) is 12.1 Å². The van der Waals surface area contributed by atoms with Gasteiger partial charge in [-0.15, -0.1) is 12.4 Å². The van der Waals surface area contributed by atoms with Crippen molar-refractivity contribution in [1.82, 2.24) is 20.4 Å². The molecule has 1 aromatic heterocycles. The van der Waals surface area contributed by atoms with Crippen LogP contribution in [0.4, 0.5) is 0 Å². The molecule has 0 aliphatic carbocycles. The fraction of sp³-hybridized carbons (Fsp3) is 0.714. The van der Waals surface area contributed by atoms with Crippen molar-refractivity contribution in [3.63, 3.8) is 0 Å². The number of H-pyrrole nitrogens is 1. The summed E-state index contributed by atoms with van der Waals surface area (Å²) < 4.78 is 0. The van der Waals surface area contributed by atoms with Crippen LogP contribution in [0.5, 0.6) is 0 Å². The molecule has 1 aliphatic rings. The number of aryl methyl sites for hydroxylation is 1. The van der Waals surface area contributed by atoms with Crippen LogP contribution >= 0.6 is 12.4 Å². The average molecular weight is 301 g/mol. The maximum absolute atomic E-state index is 12.2. The molecular formula is C14H25ClN4O. The van der Waals surface area contributed by atoms with E-state index in [1.54, 1.807) is 0 Å². The summed E-state index contributed by atoms with van der Waals surface area (Å²) >= 11 is 0. The maximum atomic E-state index is 12.2. The highest BCUT2D eigenvalue weighted by Gasteiger charge is 2.22. The Balaban J connectivity index is 0.00000200. The predicted octanol–water partition coefficient (Wildman–Crippen LogP) is 1.53. The van der Waals surface area contributed by atoms with E-state index >= 15 is 0 Å². The van der Waals surface area contributed by atoms with E-state index in [-0.39, 0.29) is 18.3 Å². The number of nitrogens with one attached hydrogen (secondary N) is 2. The Kier molecular flexibility index (Phi) is 7.02. The number of amides is 1. The van der Waals surface area contributed by atoms with Crippen LogP contribution in [0.25, 0.3) is 0 Å². The summed E-state index contributed by atoms with van der Waals surface area (Å²) in [5.74, 6) is 0.975. The van der Waals surface area contributed by atoms with Gasteiger partial charge >= 0.3 is 0 Å². The van der Waals surface area contributed by atoms with Crippen molar-refractivity contribution in [2.45, 2.75) is 32.6 Å². The minimum atomic E-state index is 0. The number of piperidine rings is 1. The van der Waals surface area contributed by atoms with Crippen LogP contribution in [0.3, 0.4) is 0 Å². The fourth-order valence-electron chi connectivity index (χ4n) is 2.65. The first-order valence-electron chi connectivity index (χ1n) is 7.12. The molecule has 5 nitrogen and oxygen atoms in total. The number of aromatic amines is 1. The number of halogens is 1. The van der Waals surface area contributed by atoms with Crippen molar-refractivity contribution in [3.05, 3.63) is 17.5 Å². The van der Waals surface area contributed by atoms with Crippen molar-refractivity contribution < 1.29 is 4.79 Å². The molecule has 0 radical (unpaired) electrons. The van der Waals surface area contributed by atoms with Gasteiger partial charge in [-0.05, 0) is 51.8 Å². The number of carbonyl (C=O) groups is 1. The summed E-state index contributed by atoms with van der Waals surface area (Å²) in [4.78, 5) is 14.1. The lowest BCUT2D eigenvalue weighted by atomic mass is 9.93. The highest BCUT2D eigenvalue weighted by molar-refractivity contribution is 5.85. The molecule has 0 unspecified atom stereocenters. The Labute approximate surface area is 126 Å². The summed E-state index contributed by atoms with van der Waals surface area (Å²) in [6, 6.07) is 1.94. The molecule has 20 heavy (non-hydrogen) atoms. The Morgan fingerprint density at radius 1 is 1.50 bits per heavy atom. The zero-order valence-corrected chi connectivity index (χ0v) is 13.1. The summed E-state index contributed by atoms with van der Waals surface area (Å²) in [7, 11) is 1.99. The zero-order valence-electron chi connectivity index (χ0n) is 12.3. The number of likely N-dealkylation sites (tertiary alicyclic amines) is 1. The number of hydrogen-bond acceptors (Lipinski definition) is 3. The highest BCUT2D eigenvalue weighted by Crippen LogP contribution is 2.20. The third-order valence-electron chi connectivity index (χ3n) is 3.86. The maximum Gasteiger partial charge on any atom is 0.228 e. The molecule has 1 aromatic rings. The average Bonchev–Trinajstić information content (AvgIpc) is 2.82. The third kappa shape index (κ3) is 4.80. The minimum absolute atomic E-state index is 0. The van der Waals surface area contributed by atoms with Crippen LogP contribution in [0.1, 0.15) is 30.7 Å². The van der Waals surface area contributed by atoms with E-state index in [0.717, 1.165) is 49.8 Å². The quantitative estimate of drug-likeness (QED) is 0.867. The molecule has 1 aliphatic heterocycles. The number of carbonyl (C=O) groups excluding carboxylic acids is 1. The lowest BCUT2D eigenvalue weighted by molar-refractivity contribution is -0.131. The molecular weight excluding hydrogens is 276 g/mol. The van der Waals surface area contributed by atoms with Crippen molar-refractivity contribution in [1.29, 1.82) is 0 Å². The second kappa shape index (κ2) is 8.27. The first-order valence-corrected chi connectivity index (χ1v) is 7.12. The topological polar surface area (TPSA) is 61.0 Å². The fourth-order valence-corrected chi connectivity index (χ4v) is 2.65. The van der Waals surface area contributed by atoms with Crippen molar-refractivity contribution in [2.75, 3.05) is 26.7 Å². The SMILES string of the molecule is CNCCC1CCN(C(=O)Cc2cc(C)[nH]n2)CC1.Cl. The molecule has 2 heterocycles. The van der Waals surface area contributed by atoms with Crippen LogP contribution in [0.15, 0.2) is 6.07 Å². The lowest BCUT2D eigenvalue weighted by Gasteiger charge is -2.32. The molecule has 0 spiro atoms. The van der Waals surface area contributed by atoms with Gasteiger partial charge in [-0.1, -0.05) is 0 Å². The second-order valence-electron chi connectivity index (χ2n) is 5.44. The molecule has 1 amide bonds. The normalized spacial score (nSPS) is 16.0. The van der Waals surface area contributed by atoms with Crippen LogP contribution in [0.2, 0.25) is 0 Å². The standard InChI is InChI=1S/C14H24N4O.ClH/c1-11-9-13(17-16-11)10-14(19)18-7-4-12(5-8-18)3-6-15-2;/h9,12,15H,3-8,10H2,1-2H3,(H,16,17);1H. The largest absolute Gasteiger partial charge is 0.342 e. The van der Waals surface area contributed by atoms with Gasteiger partial charge < -0.3 is 10.2 Å². The minimum Gasteiger partial charge on any atom is -0.342 e. The first kappa shape index (κ1) is 17.0. The van der Waals surface area contributed by atoms with E-state index in [2.05, 4.69) is 15.5 Å². The van der Waals surface area contributed by atoms with Gasteiger partial charge in [0.15, 0.2) is 0 Å². The molecule has 0 bridgehead atoms. The monoisotopic (exact) mass is 300 g/mol. The molecule has 2 rings (SSSR count). The zero-order chi connectivity index (χ0) is 13.7. The number of hydrogen-bond donors (Lipinski definition) is 2. The van der Waals surface area contributed by atoms with Gasteiger partial charge in [0, 0.05) is 18.8 Å². The van der Waals surface area contributed by atoms with E-state index in [4.69, 9.17) is 0 Å². The van der Waals surface area contributed by atoms with Gasteiger partial charge in [-0.25, -0.2) is 0 Å². The Morgan fingerprint density at radius 3 is 2.75 bits per heavy atom. The van der Waals surface area contributed by atoms with E-state index in [1.165, 1.54) is 6.42 Å². The van der Waals surface area contributed by atoms with Crippen LogP contribution in [-0.4, -0.2) is 47.7 Å². The summed E-state index contributed by atoms with van der Waals surface area (Å²) in [5, 5.41) is 10.2. The van der Waals surface area contributed by atoms with Crippen molar-refractivity contribution in [3.8, 4) is 0 Å². The Bertz CT molecular complexity index is 413. The van der Waals surface area contributed by atoms with E-state index < -0.39 is 0 Å². The van der Waals surface area contributed by atoms with Crippen LogP contribution in [0, 0.1) is 12.8 Å². The third-order valence-corrected chi connectivity index (χ3v) is 3.86. The van der Waals surface area contributed by atoms with Gasteiger partial charge in [0.1, 0.15) is 0 Å². The number of nitrogens with zero attached hydrogens (tertiary/aromatic N) is 2. The first-order chi connectivity index (χ1) is 9.19. The second-order valence-corrected chi connectivity index (χ2v) is 5.44. The summed E-state index contributed by atoms with van der Waals surface area (Å²) in [6.07, 6.45) is 3.91. The number of rotatable bonds is 5. The van der Waals surface area contributed by atoms with Gasteiger partial charge in [0.2, 0.25) is 5.91 Å². The molecule has 114 valence electrons. The summed E-state index contributed by atoms with van der Waals surface area (Å²) in [5.41, 5.74) is 1.85. The highest BCUT2D eigenvalue weighted by atomic mass is 35.5. The van der Waals surface area contributed by atoms with Crippen molar-refractivity contribution >= 4 is 18.3 Å². The molecule has 1 saturated heterocycles. The lowest BCUT2D eigenvalue weighted by Crippen LogP contribution is -2.39. The Hall–Kier alpha value is -1.07. The number of aromatic nitrogens is 2. The molecule has 0 atom stereocenters. The summed E-state index contributed by atoms with van der Waals surface area (Å²) in [6.45, 7) is 4.83. The molecule has 0 aromatic carbocycles. The molecule has 2 N–H and O–H groups in total. The van der Waals surface area contributed by atoms with E-state index in [0.29, 0.717) is 6.42 Å². The van der Waals surface area contributed by atoms with Crippen LogP contribution < -0.4 is 5.32 Å². The van der Waals surface area contributed by atoms with Gasteiger partial charge in [0.25, 0.3) is 0 Å². The van der Waals surface area contributed by atoms with Crippen LogP contribution in [-0.2, 0) is 11.2 Å². The molecule has 0 saturated carbocycles.